The van der Waals surface area contributed by atoms with Gasteiger partial charge in [0.05, 0.1) is 30.1 Å². The van der Waals surface area contributed by atoms with Crippen LogP contribution in [0, 0.1) is 5.92 Å². The quantitative estimate of drug-likeness (QED) is 0.491. The summed E-state index contributed by atoms with van der Waals surface area (Å²) < 4.78 is 7.40. The summed E-state index contributed by atoms with van der Waals surface area (Å²) in [4.78, 5) is 19.3. The number of likely N-dealkylation sites (tertiary alicyclic amines) is 1. The van der Waals surface area contributed by atoms with E-state index in [0.29, 0.717) is 18.2 Å². The summed E-state index contributed by atoms with van der Waals surface area (Å²) >= 11 is 12.5. The molecule has 0 bridgehead atoms. The first-order chi connectivity index (χ1) is 14.5. The Kier molecular flexibility index (Phi) is 6.61. The Bertz CT molecular complexity index is 1040. The molecule has 1 saturated heterocycles. The molecular weight excluding hydrogens is 421 g/mol. The summed E-state index contributed by atoms with van der Waals surface area (Å²) in [5.74, 6) is 0.923. The van der Waals surface area contributed by atoms with Crippen LogP contribution in [-0.2, 0) is 22.6 Å². The number of fused-ring (bicyclic) bond motifs is 1. The number of nitrogens with zero attached hydrogens (tertiary/aromatic N) is 3. The van der Waals surface area contributed by atoms with Gasteiger partial charge in [-0.2, -0.15) is 0 Å². The van der Waals surface area contributed by atoms with Crippen molar-refractivity contribution in [2.75, 3.05) is 19.7 Å². The van der Waals surface area contributed by atoms with E-state index in [4.69, 9.17) is 32.9 Å². The number of hydrogen-bond donors (Lipinski definition) is 0. The highest BCUT2D eigenvalue weighted by Crippen LogP contribution is 2.25. The maximum Gasteiger partial charge on any atom is 0.309 e. The number of imidazole rings is 1. The highest BCUT2D eigenvalue weighted by atomic mass is 35.5. The molecule has 3 aromatic rings. The fraction of sp³-hybridized carbons (Fsp3) is 0.391. The zero-order chi connectivity index (χ0) is 21.1. The molecule has 5 nitrogen and oxygen atoms in total. The minimum absolute atomic E-state index is 0.00489. The molecule has 0 saturated carbocycles. The highest BCUT2D eigenvalue weighted by molar-refractivity contribution is 6.31. The molecule has 0 aliphatic carbocycles. The number of carbonyl (C=O) groups is 1. The molecule has 1 aliphatic rings. The van der Waals surface area contributed by atoms with Gasteiger partial charge in [0.1, 0.15) is 5.82 Å². The van der Waals surface area contributed by atoms with Crippen LogP contribution in [0.2, 0.25) is 10.0 Å². The van der Waals surface area contributed by atoms with E-state index >= 15 is 0 Å². The van der Waals surface area contributed by atoms with Crippen LogP contribution >= 0.6 is 23.2 Å². The van der Waals surface area contributed by atoms with E-state index in [1.165, 1.54) is 0 Å². The molecular formula is C23H25Cl2N3O2. The van der Waals surface area contributed by atoms with Gasteiger partial charge in [-0.05, 0) is 68.8 Å². The standard InChI is InChI=1S/C23H25Cl2N3O2/c1-2-30-23(29)17-8-10-27(11-9-17)15-22-26-20-7-6-19(25)13-21(20)28(22)14-16-4-3-5-18(24)12-16/h3-7,12-13,17H,2,8-11,14-15H2,1H3. The van der Waals surface area contributed by atoms with Crippen LogP contribution < -0.4 is 0 Å². The molecule has 30 heavy (non-hydrogen) atoms. The van der Waals surface area contributed by atoms with Crippen LogP contribution in [0.4, 0.5) is 0 Å². The number of hydrogen-bond acceptors (Lipinski definition) is 4. The third-order valence-electron chi connectivity index (χ3n) is 5.59. The third-order valence-corrected chi connectivity index (χ3v) is 6.06. The first-order valence-corrected chi connectivity index (χ1v) is 11.1. The lowest BCUT2D eigenvalue weighted by molar-refractivity contribution is -0.149. The van der Waals surface area contributed by atoms with Gasteiger partial charge in [-0.3, -0.25) is 9.69 Å². The van der Waals surface area contributed by atoms with Crippen LogP contribution in [0.15, 0.2) is 42.5 Å². The zero-order valence-electron chi connectivity index (χ0n) is 17.0. The maximum absolute atomic E-state index is 12.0. The van der Waals surface area contributed by atoms with E-state index in [2.05, 4.69) is 15.5 Å². The highest BCUT2D eigenvalue weighted by Gasteiger charge is 2.27. The van der Waals surface area contributed by atoms with Crippen molar-refractivity contribution in [3.63, 3.8) is 0 Å². The summed E-state index contributed by atoms with van der Waals surface area (Å²) in [6.07, 6.45) is 1.64. The molecule has 2 heterocycles. The van der Waals surface area contributed by atoms with Gasteiger partial charge in [0.15, 0.2) is 0 Å². The molecule has 0 N–H and O–H groups in total. The van der Waals surface area contributed by atoms with Gasteiger partial charge in [0.25, 0.3) is 0 Å². The smallest absolute Gasteiger partial charge is 0.309 e. The van der Waals surface area contributed by atoms with E-state index in [9.17, 15) is 4.79 Å². The van der Waals surface area contributed by atoms with Crippen LogP contribution in [0.3, 0.4) is 0 Å². The minimum atomic E-state index is -0.0695. The normalized spacial score (nSPS) is 15.6. The predicted octanol–water partition coefficient (Wildman–Crippen LogP) is 5.17. The van der Waals surface area contributed by atoms with Gasteiger partial charge in [0, 0.05) is 16.6 Å². The van der Waals surface area contributed by atoms with Gasteiger partial charge < -0.3 is 9.30 Å². The van der Waals surface area contributed by atoms with Gasteiger partial charge in [-0.15, -0.1) is 0 Å². The number of rotatable bonds is 6. The lowest BCUT2D eigenvalue weighted by atomic mass is 9.97. The Morgan fingerprint density at radius 1 is 1.10 bits per heavy atom. The average molecular weight is 446 g/mol. The van der Waals surface area contributed by atoms with Crippen molar-refractivity contribution in [2.24, 2.45) is 5.92 Å². The first-order valence-electron chi connectivity index (χ1n) is 10.3. The Labute approximate surface area is 186 Å². The summed E-state index contributed by atoms with van der Waals surface area (Å²) in [5, 5.41) is 1.41. The average Bonchev–Trinajstić information content (AvgIpc) is 3.05. The molecule has 158 valence electrons. The number of carbonyl (C=O) groups excluding carboxylic acids is 1. The molecule has 7 heteroatoms. The Hall–Kier alpha value is -2.08. The topological polar surface area (TPSA) is 47.4 Å². The number of halogens is 2. The molecule has 0 amide bonds. The lowest BCUT2D eigenvalue weighted by Crippen LogP contribution is -2.37. The minimum Gasteiger partial charge on any atom is -0.466 e. The number of benzene rings is 2. The van der Waals surface area contributed by atoms with Crippen LogP contribution in [0.1, 0.15) is 31.2 Å². The Morgan fingerprint density at radius 3 is 2.60 bits per heavy atom. The van der Waals surface area contributed by atoms with Crippen LogP contribution in [-0.4, -0.2) is 40.1 Å². The second kappa shape index (κ2) is 9.38. The molecule has 0 radical (unpaired) electrons. The van der Waals surface area contributed by atoms with Crippen molar-refractivity contribution in [1.82, 2.24) is 14.5 Å². The summed E-state index contributed by atoms with van der Waals surface area (Å²) in [6.45, 7) is 5.39. The van der Waals surface area contributed by atoms with E-state index in [0.717, 1.165) is 59.9 Å². The molecule has 2 aromatic carbocycles. The van der Waals surface area contributed by atoms with Crippen LogP contribution in [0.5, 0.6) is 0 Å². The number of esters is 1. The molecule has 1 aliphatic heterocycles. The third kappa shape index (κ3) is 4.80. The van der Waals surface area contributed by atoms with Crippen LogP contribution in [0.25, 0.3) is 11.0 Å². The van der Waals surface area contributed by atoms with Gasteiger partial charge >= 0.3 is 5.97 Å². The molecule has 1 aromatic heterocycles. The molecule has 0 spiro atoms. The van der Waals surface area contributed by atoms with E-state index < -0.39 is 0 Å². The van der Waals surface area contributed by atoms with E-state index in [1.54, 1.807) is 0 Å². The SMILES string of the molecule is CCOC(=O)C1CCN(Cc2nc3ccc(Cl)cc3n2Cc2cccc(Cl)c2)CC1. The molecule has 0 atom stereocenters. The van der Waals surface area contributed by atoms with Crippen molar-refractivity contribution in [3.8, 4) is 0 Å². The number of ether oxygens (including phenoxy) is 1. The van der Waals surface area contributed by atoms with Crippen molar-refractivity contribution in [3.05, 3.63) is 63.9 Å². The van der Waals surface area contributed by atoms with Crippen molar-refractivity contribution < 1.29 is 9.53 Å². The lowest BCUT2D eigenvalue weighted by Gasteiger charge is -2.30. The Morgan fingerprint density at radius 2 is 1.87 bits per heavy atom. The second-order valence-corrected chi connectivity index (χ2v) is 8.55. The first kappa shape index (κ1) is 21.2. The number of aromatic nitrogens is 2. The summed E-state index contributed by atoms with van der Waals surface area (Å²) in [6, 6.07) is 13.7. The Balaban J connectivity index is 1.56. The fourth-order valence-corrected chi connectivity index (χ4v) is 4.43. The van der Waals surface area contributed by atoms with Crippen molar-refractivity contribution >= 4 is 40.2 Å². The van der Waals surface area contributed by atoms with Gasteiger partial charge in [-0.25, -0.2) is 4.98 Å². The number of piperidine rings is 1. The van der Waals surface area contributed by atoms with Crippen molar-refractivity contribution in [1.29, 1.82) is 0 Å². The predicted molar refractivity (Wildman–Crippen MR) is 120 cm³/mol. The molecule has 0 unspecified atom stereocenters. The van der Waals surface area contributed by atoms with Gasteiger partial charge in [-0.1, -0.05) is 35.3 Å². The molecule has 1 fully saturated rings. The largest absolute Gasteiger partial charge is 0.466 e. The van der Waals surface area contributed by atoms with Crippen molar-refractivity contribution in [2.45, 2.75) is 32.9 Å². The second-order valence-electron chi connectivity index (χ2n) is 7.68. The monoisotopic (exact) mass is 445 g/mol. The zero-order valence-corrected chi connectivity index (χ0v) is 18.5. The summed E-state index contributed by atoms with van der Waals surface area (Å²) in [7, 11) is 0. The summed E-state index contributed by atoms with van der Waals surface area (Å²) in [5.41, 5.74) is 3.06. The maximum atomic E-state index is 12.0. The van der Waals surface area contributed by atoms with E-state index in [1.807, 2.05) is 43.3 Å². The van der Waals surface area contributed by atoms with E-state index in [-0.39, 0.29) is 11.9 Å². The fourth-order valence-electron chi connectivity index (χ4n) is 4.05. The molecule has 4 rings (SSSR count). The van der Waals surface area contributed by atoms with Gasteiger partial charge in [0.2, 0.25) is 0 Å².